The molecular weight excluding hydrogens is 308 g/mol. The van der Waals surface area contributed by atoms with Gasteiger partial charge in [0.1, 0.15) is 12.4 Å². The van der Waals surface area contributed by atoms with E-state index in [1.807, 2.05) is 38.1 Å². The quantitative estimate of drug-likeness (QED) is 0.651. The summed E-state index contributed by atoms with van der Waals surface area (Å²) in [6, 6.07) is 11.8. The summed E-state index contributed by atoms with van der Waals surface area (Å²) in [5.41, 5.74) is 1.88. The topological polar surface area (TPSA) is 81.5 Å². The van der Waals surface area contributed by atoms with Crippen LogP contribution in [0, 0.1) is 24.0 Å². The van der Waals surface area contributed by atoms with Crippen LogP contribution < -0.4 is 10.1 Å². The Morgan fingerprint density at radius 1 is 1.21 bits per heavy atom. The second-order valence-electron chi connectivity index (χ2n) is 5.71. The SMILES string of the molecule is Cc1ccccc1OC[C@H](C)NC(=O)c1ccc([N+](=O)[O-])c(C)c1. The minimum absolute atomic E-state index is 0.00230. The number of rotatable bonds is 6. The van der Waals surface area contributed by atoms with Gasteiger partial charge in [-0.15, -0.1) is 0 Å². The predicted molar refractivity (Wildman–Crippen MR) is 91.4 cm³/mol. The van der Waals surface area contributed by atoms with E-state index >= 15 is 0 Å². The number of nitrogens with one attached hydrogen (secondary N) is 1. The first-order valence-corrected chi connectivity index (χ1v) is 7.63. The van der Waals surface area contributed by atoms with Crippen LogP contribution in [0.25, 0.3) is 0 Å². The summed E-state index contributed by atoms with van der Waals surface area (Å²) in [5, 5.41) is 13.6. The largest absolute Gasteiger partial charge is 0.491 e. The van der Waals surface area contributed by atoms with Gasteiger partial charge in [0.15, 0.2) is 0 Å². The van der Waals surface area contributed by atoms with Crippen molar-refractivity contribution in [2.75, 3.05) is 6.61 Å². The first-order valence-electron chi connectivity index (χ1n) is 7.63. The fraction of sp³-hybridized carbons (Fsp3) is 0.278. The molecule has 0 heterocycles. The molecule has 0 bridgehead atoms. The number of hydrogen-bond acceptors (Lipinski definition) is 4. The van der Waals surface area contributed by atoms with E-state index in [0.717, 1.165) is 11.3 Å². The van der Waals surface area contributed by atoms with E-state index in [9.17, 15) is 14.9 Å². The standard InChI is InChI=1S/C18H20N2O4/c1-12-6-4-5-7-17(12)24-11-14(3)19-18(21)15-8-9-16(20(22)23)13(2)10-15/h4-10,14H,11H2,1-3H3,(H,19,21)/t14-/m0/s1. The van der Waals surface area contributed by atoms with Crippen molar-refractivity contribution in [1.29, 1.82) is 0 Å². The van der Waals surface area contributed by atoms with Crippen LogP contribution in [0.5, 0.6) is 5.75 Å². The molecule has 6 nitrogen and oxygen atoms in total. The Labute approximate surface area is 140 Å². The molecule has 6 heteroatoms. The summed E-state index contributed by atoms with van der Waals surface area (Å²) >= 11 is 0. The van der Waals surface area contributed by atoms with Crippen molar-refractivity contribution in [2.45, 2.75) is 26.8 Å². The number of carbonyl (C=O) groups is 1. The highest BCUT2D eigenvalue weighted by molar-refractivity contribution is 5.94. The number of aryl methyl sites for hydroxylation is 2. The monoisotopic (exact) mass is 328 g/mol. The summed E-state index contributed by atoms with van der Waals surface area (Å²) in [4.78, 5) is 22.6. The van der Waals surface area contributed by atoms with Crippen LogP contribution in [-0.4, -0.2) is 23.5 Å². The third-order valence-corrected chi connectivity index (χ3v) is 3.62. The number of nitrogens with zero attached hydrogens (tertiary/aromatic N) is 1. The van der Waals surface area contributed by atoms with Gasteiger partial charge in [0.25, 0.3) is 11.6 Å². The lowest BCUT2D eigenvalue weighted by Gasteiger charge is -2.16. The zero-order chi connectivity index (χ0) is 17.7. The first kappa shape index (κ1) is 17.5. The Bertz CT molecular complexity index is 758. The van der Waals surface area contributed by atoms with Crippen molar-refractivity contribution in [3.8, 4) is 5.75 Å². The van der Waals surface area contributed by atoms with Crippen molar-refractivity contribution in [1.82, 2.24) is 5.32 Å². The molecule has 2 aromatic rings. The molecule has 1 amide bonds. The average Bonchev–Trinajstić information content (AvgIpc) is 2.53. The van der Waals surface area contributed by atoms with Crippen molar-refractivity contribution < 1.29 is 14.5 Å². The lowest BCUT2D eigenvalue weighted by molar-refractivity contribution is -0.385. The Hall–Kier alpha value is -2.89. The zero-order valence-electron chi connectivity index (χ0n) is 13.9. The predicted octanol–water partition coefficient (Wildman–Crippen LogP) is 3.41. The van der Waals surface area contributed by atoms with Crippen molar-refractivity contribution >= 4 is 11.6 Å². The van der Waals surface area contributed by atoms with E-state index in [4.69, 9.17) is 4.74 Å². The maximum atomic E-state index is 12.2. The number of ether oxygens (including phenoxy) is 1. The van der Waals surface area contributed by atoms with Gasteiger partial charge >= 0.3 is 0 Å². The Balaban J connectivity index is 1.95. The van der Waals surface area contributed by atoms with E-state index in [1.165, 1.54) is 18.2 Å². The van der Waals surface area contributed by atoms with Gasteiger partial charge in [-0.1, -0.05) is 18.2 Å². The second kappa shape index (κ2) is 7.59. The Kier molecular flexibility index (Phi) is 5.52. The lowest BCUT2D eigenvalue weighted by Crippen LogP contribution is -2.36. The molecule has 1 atom stereocenters. The maximum absolute atomic E-state index is 12.2. The molecule has 2 aromatic carbocycles. The summed E-state index contributed by atoms with van der Waals surface area (Å²) in [6.45, 7) is 5.74. The van der Waals surface area contributed by atoms with Gasteiger partial charge in [-0.25, -0.2) is 0 Å². The van der Waals surface area contributed by atoms with Crippen LogP contribution in [0.4, 0.5) is 5.69 Å². The van der Waals surface area contributed by atoms with Crippen LogP contribution in [0.1, 0.15) is 28.4 Å². The number of benzene rings is 2. The second-order valence-corrected chi connectivity index (χ2v) is 5.71. The number of para-hydroxylation sites is 1. The first-order chi connectivity index (χ1) is 11.4. The van der Waals surface area contributed by atoms with Crippen molar-refractivity contribution in [3.63, 3.8) is 0 Å². The van der Waals surface area contributed by atoms with Crippen LogP contribution in [-0.2, 0) is 0 Å². The minimum atomic E-state index is -0.463. The zero-order valence-corrected chi connectivity index (χ0v) is 13.9. The highest BCUT2D eigenvalue weighted by Crippen LogP contribution is 2.19. The average molecular weight is 328 g/mol. The van der Waals surface area contributed by atoms with Gasteiger partial charge in [-0.05, 0) is 44.5 Å². The third kappa shape index (κ3) is 4.32. The molecular formula is C18H20N2O4. The number of nitro benzene ring substituents is 1. The van der Waals surface area contributed by atoms with Gasteiger partial charge in [-0.3, -0.25) is 14.9 Å². The van der Waals surface area contributed by atoms with Gasteiger partial charge in [0.05, 0.1) is 11.0 Å². The molecule has 0 aliphatic carbocycles. The summed E-state index contributed by atoms with van der Waals surface area (Å²) in [6.07, 6.45) is 0. The van der Waals surface area contributed by atoms with Crippen LogP contribution in [0.15, 0.2) is 42.5 Å². The molecule has 0 aliphatic rings. The molecule has 1 N–H and O–H groups in total. The fourth-order valence-corrected chi connectivity index (χ4v) is 2.28. The van der Waals surface area contributed by atoms with Crippen LogP contribution in [0.3, 0.4) is 0 Å². The van der Waals surface area contributed by atoms with Gasteiger partial charge in [0, 0.05) is 17.2 Å². The molecule has 0 spiro atoms. The maximum Gasteiger partial charge on any atom is 0.272 e. The molecule has 2 rings (SSSR count). The molecule has 24 heavy (non-hydrogen) atoms. The van der Waals surface area contributed by atoms with Crippen LogP contribution >= 0.6 is 0 Å². The normalized spacial score (nSPS) is 11.6. The van der Waals surface area contributed by atoms with Gasteiger partial charge < -0.3 is 10.1 Å². The van der Waals surface area contributed by atoms with Gasteiger partial charge in [0.2, 0.25) is 0 Å². The number of hydrogen-bond donors (Lipinski definition) is 1. The number of amides is 1. The fourth-order valence-electron chi connectivity index (χ4n) is 2.28. The number of carbonyl (C=O) groups excluding carboxylic acids is 1. The summed E-state index contributed by atoms with van der Waals surface area (Å²) < 4.78 is 5.71. The highest BCUT2D eigenvalue weighted by Gasteiger charge is 2.15. The molecule has 0 saturated heterocycles. The molecule has 0 saturated carbocycles. The Morgan fingerprint density at radius 3 is 2.54 bits per heavy atom. The van der Waals surface area contributed by atoms with E-state index < -0.39 is 4.92 Å². The molecule has 0 aliphatic heterocycles. The van der Waals surface area contributed by atoms with E-state index in [1.54, 1.807) is 6.92 Å². The Morgan fingerprint density at radius 2 is 1.92 bits per heavy atom. The minimum Gasteiger partial charge on any atom is -0.491 e. The summed E-state index contributed by atoms with van der Waals surface area (Å²) in [7, 11) is 0. The molecule has 0 aromatic heterocycles. The summed E-state index contributed by atoms with van der Waals surface area (Å²) in [5.74, 6) is 0.499. The third-order valence-electron chi connectivity index (χ3n) is 3.62. The molecule has 0 radical (unpaired) electrons. The van der Waals surface area contributed by atoms with E-state index in [-0.39, 0.29) is 17.6 Å². The van der Waals surface area contributed by atoms with Gasteiger partial charge in [-0.2, -0.15) is 0 Å². The number of nitro groups is 1. The smallest absolute Gasteiger partial charge is 0.272 e. The highest BCUT2D eigenvalue weighted by atomic mass is 16.6. The molecule has 0 fully saturated rings. The van der Waals surface area contributed by atoms with Crippen molar-refractivity contribution in [2.24, 2.45) is 0 Å². The lowest BCUT2D eigenvalue weighted by atomic mass is 10.1. The van der Waals surface area contributed by atoms with Crippen molar-refractivity contribution in [3.05, 3.63) is 69.3 Å². The molecule has 126 valence electrons. The van der Waals surface area contributed by atoms with E-state index in [2.05, 4.69) is 5.32 Å². The van der Waals surface area contributed by atoms with E-state index in [0.29, 0.717) is 17.7 Å². The van der Waals surface area contributed by atoms with Crippen LogP contribution in [0.2, 0.25) is 0 Å². The molecule has 0 unspecified atom stereocenters.